The van der Waals surface area contributed by atoms with Crippen molar-refractivity contribution in [3.63, 3.8) is 0 Å². The summed E-state index contributed by atoms with van der Waals surface area (Å²) in [6.07, 6.45) is 2.89. The maximum absolute atomic E-state index is 10.6. The minimum Gasteiger partial charge on any atom is -0.481 e. The largest absolute Gasteiger partial charge is 0.481 e. The van der Waals surface area contributed by atoms with Gasteiger partial charge in [0.05, 0.1) is 6.42 Å². The van der Waals surface area contributed by atoms with Crippen molar-refractivity contribution in [3.8, 4) is 0 Å². The Bertz CT molecular complexity index is 201. The lowest BCUT2D eigenvalue weighted by atomic mass is 10.1. The van der Waals surface area contributed by atoms with E-state index in [9.17, 15) is 4.79 Å². The van der Waals surface area contributed by atoms with E-state index in [1.165, 1.54) is 12.8 Å². The lowest BCUT2D eigenvalue weighted by Crippen LogP contribution is -2.42. The average molecular weight is 199 g/mol. The lowest BCUT2D eigenvalue weighted by molar-refractivity contribution is -0.138. The third-order valence-electron chi connectivity index (χ3n) is 3.23. The van der Waals surface area contributed by atoms with Crippen LogP contribution < -0.4 is 0 Å². The predicted octanol–water partition coefficient (Wildman–Crippen LogP) is 1.97. The Labute approximate surface area is 86.1 Å². The number of aliphatic carboxylic acids is 1. The van der Waals surface area contributed by atoms with Gasteiger partial charge in [-0.3, -0.25) is 9.69 Å². The summed E-state index contributed by atoms with van der Waals surface area (Å²) in [5.74, 6) is 0.116. The number of hydrogen-bond donors (Lipinski definition) is 1. The van der Waals surface area contributed by atoms with Crippen molar-refractivity contribution in [2.45, 2.75) is 52.1 Å². The number of carboxylic acids is 1. The van der Waals surface area contributed by atoms with E-state index in [0.29, 0.717) is 6.04 Å². The van der Waals surface area contributed by atoms with Crippen LogP contribution >= 0.6 is 0 Å². The van der Waals surface area contributed by atoms with Crippen LogP contribution in [0.1, 0.15) is 40.0 Å². The third kappa shape index (κ3) is 2.98. The van der Waals surface area contributed by atoms with Crippen molar-refractivity contribution in [3.05, 3.63) is 0 Å². The van der Waals surface area contributed by atoms with Crippen LogP contribution in [0.5, 0.6) is 0 Å². The van der Waals surface area contributed by atoms with E-state index in [-0.39, 0.29) is 12.5 Å². The molecule has 0 saturated heterocycles. The minimum absolute atomic E-state index is 0.160. The Morgan fingerprint density at radius 2 is 2.07 bits per heavy atom. The molecule has 1 N–H and O–H groups in total. The summed E-state index contributed by atoms with van der Waals surface area (Å²) >= 11 is 0. The fourth-order valence-corrected chi connectivity index (χ4v) is 2.22. The first-order chi connectivity index (χ1) is 6.56. The second-order valence-corrected chi connectivity index (χ2v) is 4.36. The zero-order chi connectivity index (χ0) is 10.7. The average Bonchev–Trinajstić information content (AvgIpc) is 2.85. The molecule has 82 valence electrons. The molecule has 0 bridgehead atoms. The Kier molecular flexibility index (Phi) is 3.93. The van der Waals surface area contributed by atoms with Gasteiger partial charge in [0.1, 0.15) is 0 Å². The van der Waals surface area contributed by atoms with Gasteiger partial charge in [0.15, 0.2) is 0 Å². The molecule has 1 aliphatic rings. The first-order valence-electron chi connectivity index (χ1n) is 5.53. The molecule has 14 heavy (non-hydrogen) atoms. The van der Waals surface area contributed by atoms with Gasteiger partial charge >= 0.3 is 5.97 Å². The molecular weight excluding hydrogens is 178 g/mol. The second-order valence-electron chi connectivity index (χ2n) is 4.36. The van der Waals surface area contributed by atoms with Crippen LogP contribution in [-0.2, 0) is 4.79 Å². The number of nitrogens with zero attached hydrogens (tertiary/aromatic N) is 1. The van der Waals surface area contributed by atoms with Gasteiger partial charge in [-0.1, -0.05) is 6.92 Å². The summed E-state index contributed by atoms with van der Waals surface area (Å²) in [5, 5.41) is 8.74. The molecule has 2 atom stereocenters. The highest BCUT2D eigenvalue weighted by molar-refractivity contribution is 5.67. The lowest BCUT2D eigenvalue weighted by Gasteiger charge is -2.33. The van der Waals surface area contributed by atoms with E-state index in [2.05, 4.69) is 18.7 Å². The number of hydrogen-bond acceptors (Lipinski definition) is 2. The normalized spacial score (nSPS) is 20.9. The monoisotopic (exact) mass is 199 g/mol. The molecule has 0 heterocycles. The summed E-state index contributed by atoms with van der Waals surface area (Å²) in [7, 11) is 0. The predicted molar refractivity (Wildman–Crippen MR) is 56.3 cm³/mol. The van der Waals surface area contributed by atoms with Gasteiger partial charge in [-0.05, 0) is 39.2 Å². The van der Waals surface area contributed by atoms with E-state index >= 15 is 0 Å². The van der Waals surface area contributed by atoms with Crippen molar-refractivity contribution in [1.29, 1.82) is 0 Å². The molecule has 3 nitrogen and oxygen atoms in total. The number of rotatable bonds is 6. The van der Waals surface area contributed by atoms with Gasteiger partial charge < -0.3 is 5.11 Å². The fraction of sp³-hybridized carbons (Fsp3) is 0.909. The van der Waals surface area contributed by atoms with Crippen LogP contribution in [0.3, 0.4) is 0 Å². The smallest absolute Gasteiger partial charge is 0.304 e. The standard InChI is InChI=1S/C11H21NO2/c1-4-12(8(2)7-11(13)14)9(3)10-5-6-10/h8-10H,4-7H2,1-3H3,(H,13,14). The topological polar surface area (TPSA) is 40.5 Å². The van der Waals surface area contributed by atoms with Gasteiger partial charge in [-0.15, -0.1) is 0 Å². The first-order valence-corrected chi connectivity index (χ1v) is 5.53. The molecule has 0 spiro atoms. The Hall–Kier alpha value is -0.570. The third-order valence-corrected chi connectivity index (χ3v) is 3.23. The van der Waals surface area contributed by atoms with Crippen LogP contribution in [0.4, 0.5) is 0 Å². The van der Waals surface area contributed by atoms with E-state index in [4.69, 9.17) is 5.11 Å². The van der Waals surface area contributed by atoms with Gasteiger partial charge in [0.25, 0.3) is 0 Å². The molecule has 0 radical (unpaired) electrons. The van der Waals surface area contributed by atoms with E-state index < -0.39 is 5.97 Å². The van der Waals surface area contributed by atoms with Crippen LogP contribution in [0, 0.1) is 5.92 Å². The Morgan fingerprint density at radius 3 is 2.43 bits per heavy atom. The van der Waals surface area contributed by atoms with E-state index in [1.807, 2.05) is 6.92 Å². The molecule has 3 heteroatoms. The van der Waals surface area contributed by atoms with Crippen molar-refractivity contribution in [2.75, 3.05) is 6.54 Å². The molecule has 0 aromatic rings. The molecule has 1 saturated carbocycles. The van der Waals surface area contributed by atoms with Crippen LogP contribution in [0.15, 0.2) is 0 Å². The van der Waals surface area contributed by atoms with Crippen molar-refractivity contribution in [1.82, 2.24) is 4.90 Å². The molecule has 1 aliphatic carbocycles. The van der Waals surface area contributed by atoms with Crippen LogP contribution in [-0.4, -0.2) is 34.6 Å². The summed E-state index contributed by atoms with van der Waals surface area (Å²) in [6, 6.07) is 0.711. The summed E-state index contributed by atoms with van der Waals surface area (Å²) in [6.45, 7) is 7.29. The Morgan fingerprint density at radius 1 is 1.50 bits per heavy atom. The fourth-order valence-electron chi connectivity index (χ4n) is 2.22. The highest BCUT2D eigenvalue weighted by atomic mass is 16.4. The van der Waals surface area contributed by atoms with Gasteiger partial charge in [0.2, 0.25) is 0 Å². The zero-order valence-corrected chi connectivity index (χ0v) is 9.36. The second kappa shape index (κ2) is 4.78. The number of carbonyl (C=O) groups is 1. The highest BCUT2D eigenvalue weighted by Crippen LogP contribution is 2.35. The molecular formula is C11H21NO2. The first kappa shape index (κ1) is 11.5. The summed E-state index contributed by atoms with van der Waals surface area (Å²) in [5.41, 5.74) is 0. The highest BCUT2D eigenvalue weighted by Gasteiger charge is 2.33. The molecule has 1 rings (SSSR count). The molecule has 0 amide bonds. The molecule has 2 unspecified atom stereocenters. The van der Waals surface area contributed by atoms with Crippen molar-refractivity contribution in [2.24, 2.45) is 5.92 Å². The number of carboxylic acid groups (broad SMARTS) is 1. The van der Waals surface area contributed by atoms with Gasteiger partial charge in [-0.25, -0.2) is 0 Å². The Balaban J connectivity index is 2.46. The van der Waals surface area contributed by atoms with Gasteiger partial charge in [-0.2, -0.15) is 0 Å². The van der Waals surface area contributed by atoms with Crippen molar-refractivity contribution < 1.29 is 9.90 Å². The van der Waals surface area contributed by atoms with E-state index in [1.54, 1.807) is 0 Å². The summed E-state index contributed by atoms with van der Waals surface area (Å²) < 4.78 is 0. The quantitative estimate of drug-likeness (QED) is 0.711. The van der Waals surface area contributed by atoms with Crippen LogP contribution in [0.2, 0.25) is 0 Å². The maximum Gasteiger partial charge on any atom is 0.304 e. The van der Waals surface area contributed by atoms with Crippen molar-refractivity contribution >= 4 is 5.97 Å². The molecule has 0 aromatic carbocycles. The SMILES string of the molecule is CCN(C(C)CC(=O)O)C(C)C1CC1. The molecule has 0 aromatic heterocycles. The minimum atomic E-state index is -0.695. The van der Waals surface area contributed by atoms with Crippen LogP contribution in [0.25, 0.3) is 0 Å². The molecule has 0 aliphatic heterocycles. The molecule has 1 fully saturated rings. The van der Waals surface area contributed by atoms with Gasteiger partial charge in [0, 0.05) is 12.1 Å². The maximum atomic E-state index is 10.6. The summed E-state index contributed by atoms with van der Waals surface area (Å²) in [4.78, 5) is 12.9. The van der Waals surface area contributed by atoms with E-state index in [0.717, 1.165) is 12.5 Å². The zero-order valence-electron chi connectivity index (χ0n) is 9.36.